The smallest absolute Gasteiger partial charge is 0.326 e. The summed E-state index contributed by atoms with van der Waals surface area (Å²) in [6.45, 7) is 3.15. The third-order valence-electron chi connectivity index (χ3n) is 6.14. The van der Waals surface area contributed by atoms with Crippen molar-refractivity contribution in [3.63, 3.8) is 0 Å². The third-order valence-corrected chi connectivity index (χ3v) is 6.14. The number of hydrogen-bond donors (Lipinski definition) is 1. The lowest BCUT2D eigenvalue weighted by Gasteiger charge is -2.35. The Bertz CT molecular complexity index is 1190. The first-order valence-corrected chi connectivity index (χ1v) is 10.6. The zero-order chi connectivity index (χ0) is 24.9. The molecule has 1 aliphatic heterocycles. The van der Waals surface area contributed by atoms with Gasteiger partial charge in [0, 0.05) is 17.7 Å². The van der Waals surface area contributed by atoms with Crippen LogP contribution in [0.15, 0.2) is 65.9 Å². The van der Waals surface area contributed by atoms with Crippen LogP contribution >= 0.6 is 0 Å². The predicted octanol–water partition coefficient (Wildman–Crippen LogP) is 4.54. The molecule has 2 aliphatic rings. The SMILES string of the molecule is CC1(C)CC(=O)C2=C(C1)N(Cc1ccc(F)cc1)C(=O)[C@@]2(NC(=O)c1ccccc1)C(F)(F)F. The quantitative estimate of drug-likeness (QED) is 0.662. The summed E-state index contributed by atoms with van der Waals surface area (Å²) in [4.78, 5) is 40.4. The zero-order valence-corrected chi connectivity index (χ0v) is 18.5. The fourth-order valence-corrected chi connectivity index (χ4v) is 4.60. The van der Waals surface area contributed by atoms with E-state index in [4.69, 9.17) is 0 Å². The minimum atomic E-state index is -5.29. The van der Waals surface area contributed by atoms with E-state index in [2.05, 4.69) is 0 Å². The van der Waals surface area contributed by atoms with E-state index in [1.807, 2.05) is 5.32 Å². The maximum atomic E-state index is 14.7. The van der Waals surface area contributed by atoms with Crippen LogP contribution in [0.5, 0.6) is 0 Å². The van der Waals surface area contributed by atoms with Crippen LogP contribution in [-0.2, 0) is 16.1 Å². The van der Waals surface area contributed by atoms with Gasteiger partial charge in [-0.15, -0.1) is 0 Å². The van der Waals surface area contributed by atoms with Crippen molar-refractivity contribution in [2.24, 2.45) is 5.41 Å². The van der Waals surface area contributed by atoms with Crippen molar-refractivity contribution in [1.82, 2.24) is 10.2 Å². The Balaban J connectivity index is 1.87. The summed E-state index contributed by atoms with van der Waals surface area (Å²) in [5, 5.41) is 1.89. The van der Waals surface area contributed by atoms with Gasteiger partial charge in [0.05, 0.1) is 12.1 Å². The number of nitrogens with one attached hydrogen (secondary N) is 1. The number of nitrogens with zero attached hydrogens (tertiary/aromatic N) is 1. The average molecular weight is 474 g/mol. The summed E-state index contributed by atoms with van der Waals surface area (Å²) in [5.74, 6) is -3.96. The monoisotopic (exact) mass is 474 g/mol. The number of hydrogen-bond acceptors (Lipinski definition) is 3. The minimum Gasteiger partial charge on any atom is -0.326 e. The molecule has 1 heterocycles. The van der Waals surface area contributed by atoms with Crippen LogP contribution in [0.2, 0.25) is 0 Å². The second-order valence-corrected chi connectivity index (χ2v) is 9.35. The van der Waals surface area contributed by atoms with Gasteiger partial charge in [-0.1, -0.05) is 44.2 Å². The molecule has 2 aromatic carbocycles. The number of carbonyl (C=O) groups is 3. The number of amides is 2. The summed E-state index contributed by atoms with van der Waals surface area (Å²) in [5.41, 5.74) is -4.71. The second-order valence-electron chi connectivity index (χ2n) is 9.35. The molecule has 0 spiro atoms. The molecule has 0 aromatic heterocycles. The molecule has 1 N–H and O–H groups in total. The molecule has 1 aliphatic carbocycles. The minimum absolute atomic E-state index is 0.0278. The summed E-state index contributed by atoms with van der Waals surface area (Å²) in [6, 6.07) is 12.2. The zero-order valence-electron chi connectivity index (χ0n) is 18.5. The summed E-state index contributed by atoms with van der Waals surface area (Å²) < 4.78 is 57.6. The molecular weight excluding hydrogens is 452 g/mol. The normalized spacial score (nSPS) is 22.1. The highest BCUT2D eigenvalue weighted by atomic mass is 19.4. The second kappa shape index (κ2) is 8.07. The molecule has 178 valence electrons. The van der Waals surface area contributed by atoms with Crippen molar-refractivity contribution >= 4 is 17.6 Å². The van der Waals surface area contributed by atoms with E-state index in [1.165, 1.54) is 36.4 Å². The Morgan fingerprint density at radius 2 is 1.62 bits per heavy atom. The van der Waals surface area contributed by atoms with Gasteiger partial charge in [-0.3, -0.25) is 14.4 Å². The molecular formula is C25H22F4N2O3. The topological polar surface area (TPSA) is 66.5 Å². The molecule has 9 heteroatoms. The number of benzene rings is 2. The Kier molecular flexibility index (Phi) is 5.62. The van der Waals surface area contributed by atoms with E-state index in [9.17, 15) is 31.9 Å². The summed E-state index contributed by atoms with van der Waals surface area (Å²) in [6.07, 6.45) is -5.47. The molecule has 5 nitrogen and oxygen atoms in total. The lowest BCUT2D eigenvalue weighted by atomic mass is 9.72. The number of ketones is 1. The molecule has 4 rings (SSSR count). The number of rotatable bonds is 4. The Morgan fingerprint density at radius 3 is 2.21 bits per heavy atom. The molecule has 0 saturated carbocycles. The Labute approximate surface area is 193 Å². The van der Waals surface area contributed by atoms with Crippen LogP contribution in [-0.4, -0.2) is 34.2 Å². The number of alkyl halides is 3. The fraction of sp³-hybridized carbons (Fsp3) is 0.320. The van der Waals surface area contributed by atoms with Crippen LogP contribution in [0, 0.1) is 11.2 Å². The highest BCUT2D eigenvalue weighted by Crippen LogP contribution is 2.52. The van der Waals surface area contributed by atoms with Crippen molar-refractivity contribution in [2.45, 2.75) is 44.9 Å². The Hall–Kier alpha value is -3.49. The highest BCUT2D eigenvalue weighted by Gasteiger charge is 2.71. The van der Waals surface area contributed by atoms with Crippen molar-refractivity contribution in [3.05, 3.63) is 82.8 Å². The maximum absolute atomic E-state index is 14.7. The number of carbonyl (C=O) groups excluding carboxylic acids is 3. The van der Waals surface area contributed by atoms with Crippen molar-refractivity contribution < 1.29 is 31.9 Å². The van der Waals surface area contributed by atoms with Crippen LogP contribution in [0.3, 0.4) is 0 Å². The third kappa shape index (κ3) is 3.89. The van der Waals surface area contributed by atoms with Crippen molar-refractivity contribution in [3.8, 4) is 0 Å². The number of Topliss-reactive ketones (excluding diaryl/α,β-unsaturated/α-hetero) is 1. The van der Waals surface area contributed by atoms with Crippen LogP contribution in [0.1, 0.15) is 42.6 Å². The lowest BCUT2D eigenvalue weighted by Crippen LogP contribution is -2.66. The van der Waals surface area contributed by atoms with Crippen molar-refractivity contribution in [1.29, 1.82) is 0 Å². The van der Waals surface area contributed by atoms with Gasteiger partial charge in [0.25, 0.3) is 11.8 Å². The summed E-state index contributed by atoms with van der Waals surface area (Å²) in [7, 11) is 0. The van der Waals surface area contributed by atoms with Gasteiger partial charge in [0.15, 0.2) is 5.78 Å². The van der Waals surface area contributed by atoms with Gasteiger partial charge in [0.2, 0.25) is 5.54 Å². The van der Waals surface area contributed by atoms with Gasteiger partial charge in [-0.2, -0.15) is 13.2 Å². The standard InChI is InChI=1S/C25H22F4N2O3/c1-23(2)12-18-20(19(32)13-23)24(25(27,28)29,30-21(33)16-6-4-3-5-7-16)22(34)31(18)14-15-8-10-17(26)11-9-15/h3-11H,12-14H2,1-2H3,(H,30,33)/t24-/m1/s1. The molecule has 2 aromatic rings. The van der Waals surface area contributed by atoms with Crippen LogP contribution in [0.25, 0.3) is 0 Å². The van der Waals surface area contributed by atoms with Gasteiger partial charge in [-0.25, -0.2) is 4.39 Å². The number of halogens is 4. The van der Waals surface area contributed by atoms with Gasteiger partial charge in [-0.05, 0) is 41.7 Å². The molecule has 0 unspecified atom stereocenters. The molecule has 34 heavy (non-hydrogen) atoms. The number of allylic oxidation sites excluding steroid dienone is 1. The highest BCUT2D eigenvalue weighted by molar-refractivity contribution is 6.14. The molecule has 0 saturated heterocycles. The molecule has 0 fully saturated rings. The first kappa shape index (κ1) is 23.7. The predicted molar refractivity (Wildman–Crippen MR) is 115 cm³/mol. The largest absolute Gasteiger partial charge is 0.425 e. The van der Waals surface area contributed by atoms with E-state index < -0.39 is 46.1 Å². The Morgan fingerprint density at radius 1 is 1.00 bits per heavy atom. The van der Waals surface area contributed by atoms with E-state index in [0.717, 1.165) is 17.0 Å². The lowest BCUT2D eigenvalue weighted by molar-refractivity contribution is -0.190. The molecule has 2 amide bonds. The van der Waals surface area contributed by atoms with Crippen LogP contribution < -0.4 is 5.32 Å². The molecule has 0 radical (unpaired) electrons. The first-order valence-electron chi connectivity index (χ1n) is 10.6. The maximum Gasteiger partial charge on any atom is 0.425 e. The molecule has 1 atom stereocenters. The van der Waals surface area contributed by atoms with E-state index in [1.54, 1.807) is 19.9 Å². The van der Waals surface area contributed by atoms with Gasteiger partial charge < -0.3 is 10.2 Å². The van der Waals surface area contributed by atoms with E-state index >= 15 is 0 Å². The summed E-state index contributed by atoms with van der Waals surface area (Å²) >= 11 is 0. The fourth-order valence-electron chi connectivity index (χ4n) is 4.60. The molecule has 0 bridgehead atoms. The van der Waals surface area contributed by atoms with Crippen LogP contribution in [0.4, 0.5) is 17.6 Å². The average Bonchev–Trinajstić information content (AvgIpc) is 2.98. The van der Waals surface area contributed by atoms with Crippen molar-refractivity contribution in [2.75, 3.05) is 0 Å². The van der Waals surface area contributed by atoms with E-state index in [0.29, 0.717) is 5.56 Å². The first-order chi connectivity index (χ1) is 15.9. The van der Waals surface area contributed by atoms with E-state index in [-0.39, 0.29) is 30.6 Å². The van der Waals surface area contributed by atoms with Gasteiger partial charge >= 0.3 is 6.18 Å². The van der Waals surface area contributed by atoms with Gasteiger partial charge in [0.1, 0.15) is 5.82 Å².